The molecule has 6 heteroatoms. The number of carbonyl (C=O) groups is 1. The van der Waals surface area contributed by atoms with Crippen molar-refractivity contribution in [3.05, 3.63) is 48.5 Å². The van der Waals surface area contributed by atoms with Gasteiger partial charge in [0.05, 0.1) is 21.8 Å². The standard InChI is InChI=1S/C20H18N4OS/c1-12(19(25)21-13-10-11-13)26-20-23-15-7-3-2-6-14(15)18-22-16-8-4-5-9-17(16)24(18)20/h2-9,12-13H,10-11H2,1H3,(H,21,25)/t12-/m0/s1. The molecule has 0 bridgehead atoms. The highest BCUT2D eigenvalue weighted by molar-refractivity contribution is 8.00. The van der Waals surface area contributed by atoms with Crippen molar-refractivity contribution in [3.8, 4) is 0 Å². The van der Waals surface area contributed by atoms with Crippen LogP contribution in [0, 0.1) is 0 Å². The van der Waals surface area contributed by atoms with Crippen molar-refractivity contribution in [2.75, 3.05) is 0 Å². The van der Waals surface area contributed by atoms with Crippen LogP contribution in [0.1, 0.15) is 19.8 Å². The van der Waals surface area contributed by atoms with E-state index in [2.05, 4.69) is 9.72 Å². The van der Waals surface area contributed by atoms with E-state index in [1.807, 2.05) is 55.5 Å². The molecule has 130 valence electrons. The van der Waals surface area contributed by atoms with E-state index in [4.69, 9.17) is 9.97 Å². The Hall–Kier alpha value is -2.60. The van der Waals surface area contributed by atoms with Crippen molar-refractivity contribution in [3.63, 3.8) is 0 Å². The third-order valence-electron chi connectivity index (χ3n) is 4.69. The zero-order valence-electron chi connectivity index (χ0n) is 14.3. The maximum absolute atomic E-state index is 12.4. The van der Waals surface area contributed by atoms with Gasteiger partial charge in [-0.25, -0.2) is 9.97 Å². The van der Waals surface area contributed by atoms with Crippen molar-refractivity contribution >= 4 is 45.3 Å². The minimum Gasteiger partial charge on any atom is -0.352 e. The molecule has 1 fully saturated rings. The molecule has 2 aromatic carbocycles. The van der Waals surface area contributed by atoms with Gasteiger partial charge < -0.3 is 5.32 Å². The zero-order valence-corrected chi connectivity index (χ0v) is 15.2. The van der Waals surface area contributed by atoms with Crippen LogP contribution in [-0.2, 0) is 4.79 Å². The average Bonchev–Trinajstić information content (AvgIpc) is 3.38. The Labute approximate surface area is 154 Å². The summed E-state index contributed by atoms with van der Waals surface area (Å²) in [6, 6.07) is 16.4. The first-order valence-corrected chi connectivity index (χ1v) is 9.71. The minimum atomic E-state index is -0.214. The Morgan fingerprint density at radius 3 is 2.65 bits per heavy atom. The Bertz CT molecular complexity index is 1150. The summed E-state index contributed by atoms with van der Waals surface area (Å²) in [6.07, 6.45) is 2.18. The molecule has 1 aliphatic carbocycles. The first kappa shape index (κ1) is 15.6. The SMILES string of the molecule is C[C@H](Sc1nc2ccccc2c2nc3ccccc3n12)C(=O)NC1CC1. The van der Waals surface area contributed by atoms with E-state index >= 15 is 0 Å². The van der Waals surface area contributed by atoms with E-state index < -0.39 is 0 Å². The number of amides is 1. The number of para-hydroxylation sites is 3. The number of hydrogen-bond donors (Lipinski definition) is 1. The van der Waals surface area contributed by atoms with Crippen LogP contribution >= 0.6 is 11.8 Å². The highest BCUT2D eigenvalue weighted by atomic mass is 32.2. The third kappa shape index (κ3) is 2.61. The quantitative estimate of drug-likeness (QED) is 0.443. The Morgan fingerprint density at radius 2 is 1.85 bits per heavy atom. The molecule has 1 N–H and O–H groups in total. The van der Waals surface area contributed by atoms with Crippen molar-refractivity contribution in [2.45, 2.75) is 36.2 Å². The van der Waals surface area contributed by atoms with Gasteiger partial charge in [-0.2, -0.15) is 0 Å². The van der Waals surface area contributed by atoms with Gasteiger partial charge in [-0.15, -0.1) is 0 Å². The number of hydrogen-bond acceptors (Lipinski definition) is 4. The normalized spacial score (nSPS) is 15.6. The summed E-state index contributed by atoms with van der Waals surface area (Å²) < 4.78 is 2.07. The van der Waals surface area contributed by atoms with Gasteiger partial charge >= 0.3 is 0 Å². The van der Waals surface area contributed by atoms with Crippen LogP contribution in [0.15, 0.2) is 53.7 Å². The second kappa shape index (κ2) is 5.99. The van der Waals surface area contributed by atoms with Crippen LogP contribution in [0.2, 0.25) is 0 Å². The van der Waals surface area contributed by atoms with E-state index in [1.165, 1.54) is 11.8 Å². The van der Waals surface area contributed by atoms with Crippen molar-refractivity contribution in [2.24, 2.45) is 0 Å². The van der Waals surface area contributed by atoms with Crippen LogP contribution in [0.4, 0.5) is 0 Å². The molecule has 0 aliphatic heterocycles. The molecular formula is C20H18N4OS. The summed E-state index contributed by atoms with van der Waals surface area (Å²) in [5, 5.41) is 4.68. The predicted octanol–water partition coefficient (Wildman–Crippen LogP) is 3.79. The van der Waals surface area contributed by atoms with Gasteiger partial charge in [-0.1, -0.05) is 36.0 Å². The van der Waals surface area contributed by atoms with E-state index in [9.17, 15) is 4.79 Å². The van der Waals surface area contributed by atoms with Gasteiger partial charge in [0.15, 0.2) is 5.16 Å². The lowest BCUT2D eigenvalue weighted by Gasteiger charge is -2.13. The van der Waals surface area contributed by atoms with Crippen molar-refractivity contribution in [1.82, 2.24) is 19.7 Å². The fourth-order valence-electron chi connectivity index (χ4n) is 3.15. The molecule has 1 amide bonds. The first-order chi connectivity index (χ1) is 12.7. The molecule has 1 aliphatic rings. The highest BCUT2D eigenvalue weighted by Gasteiger charge is 2.27. The fourth-order valence-corrected chi connectivity index (χ4v) is 4.08. The summed E-state index contributed by atoms with van der Waals surface area (Å²) in [5.74, 6) is 0.0741. The maximum Gasteiger partial charge on any atom is 0.233 e. The number of fused-ring (bicyclic) bond motifs is 5. The van der Waals surface area contributed by atoms with E-state index in [0.29, 0.717) is 6.04 Å². The maximum atomic E-state index is 12.4. The van der Waals surface area contributed by atoms with E-state index in [0.717, 1.165) is 45.6 Å². The molecule has 0 spiro atoms. The Kier molecular flexibility index (Phi) is 3.60. The minimum absolute atomic E-state index is 0.0741. The van der Waals surface area contributed by atoms with Crippen LogP contribution in [0.5, 0.6) is 0 Å². The number of rotatable bonds is 4. The number of nitrogens with one attached hydrogen (secondary N) is 1. The summed E-state index contributed by atoms with van der Waals surface area (Å²) in [7, 11) is 0. The molecule has 1 atom stereocenters. The van der Waals surface area contributed by atoms with Gasteiger partial charge in [-0.3, -0.25) is 9.20 Å². The van der Waals surface area contributed by atoms with Crippen molar-refractivity contribution in [1.29, 1.82) is 0 Å². The van der Waals surface area contributed by atoms with E-state index in [-0.39, 0.29) is 11.2 Å². The molecule has 26 heavy (non-hydrogen) atoms. The molecule has 0 radical (unpaired) electrons. The van der Waals surface area contributed by atoms with Crippen LogP contribution < -0.4 is 5.32 Å². The number of carbonyl (C=O) groups excluding carboxylic acids is 1. The van der Waals surface area contributed by atoms with Gasteiger partial charge in [-0.05, 0) is 44.0 Å². The molecule has 0 saturated heterocycles. The third-order valence-corrected chi connectivity index (χ3v) is 5.74. The summed E-state index contributed by atoms with van der Waals surface area (Å²) in [5.41, 5.74) is 3.72. The molecule has 2 aromatic heterocycles. The Balaban J connectivity index is 1.67. The van der Waals surface area contributed by atoms with Crippen LogP contribution in [0.25, 0.3) is 27.6 Å². The Morgan fingerprint density at radius 1 is 1.12 bits per heavy atom. The number of benzene rings is 2. The van der Waals surface area contributed by atoms with E-state index in [1.54, 1.807) is 0 Å². The first-order valence-electron chi connectivity index (χ1n) is 8.84. The van der Waals surface area contributed by atoms with Gasteiger partial charge in [0.1, 0.15) is 5.65 Å². The molecule has 0 unspecified atom stereocenters. The lowest BCUT2D eigenvalue weighted by Crippen LogP contribution is -2.32. The molecular weight excluding hydrogens is 344 g/mol. The monoisotopic (exact) mass is 362 g/mol. The predicted molar refractivity (Wildman–Crippen MR) is 104 cm³/mol. The van der Waals surface area contributed by atoms with Gasteiger partial charge in [0.25, 0.3) is 0 Å². The molecule has 5 nitrogen and oxygen atoms in total. The zero-order chi connectivity index (χ0) is 17.7. The highest BCUT2D eigenvalue weighted by Crippen LogP contribution is 2.31. The lowest BCUT2D eigenvalue weighted by molar-refractivity contribution is -0.120. The number of imidazole rings is 1. The fraction of sp³-hybridized carbons (Fsp3) is 0.250. The number of nitrogens with zero attached hydrogens (tertiary/aromatic N) is 3. The topological polar surface area (TPSA) is 59.3 Å². The van der Waals surface area contributed by atoms with Crippen LogP contribution in [0.3, 0.4) is 0 Å². The molecule has 5 rings (SSSR count). The molecule has 1 saturated carbocycles. The molecule has 2 heterocycles. The molecule has 4 aromatic rings. The van der Waals surface area contributed by atoms with Gasteiger partial charge in [0, 0.05) is 11.4 Å². The smallest absolute Gasteiger partial charge is 0.233 e. The number of thioether (sulfide) groups is 1. The summed E-state index contributed by atoms with van der Waals surface area (Å²) in [6.45, 7) is 1.93. The second-order valence-corrected chi connectivity index (χ2v) is 8.02. The lowest BCUT2D eigenvalue weighted by atomic mass is 10.2. The van der Waals surface area contributed by atoms with Crippen molar-refractivity contribution < 1.29 is 4.79 Å². The second-order valence-electron chi connectivity index (χ2n) is 6.71. The summed E-state index contributed by atoms with van der Waals surface area (Å²) in [4.78, 5) is 22.1. The van der Waals surface area contributed by atoms with Crippen LogP contribution in [-0.4, -0.2) is 31.6 Å². The van der Waals surface area contributed by atoms with Gasteiger partial charge in [0.2, 0.25) is 5.91 Å². The number of aromatic nitrogens is 3. The largest absolute Gasteiger partial charge is 0.352 e. The summed E-state index contributed by atoms with van der Waals surface area (Å²) >= 11 is 1.49. The average molecular weight is 362 g/mol.